The molecule has 0 aliphatic rings. The molecule has 0 spiro atoms. The fourth-order valence-corrected chi connectivity index (χ4v) is 0. The summed E-state index contributed by atoms with van der Waals surface area (Å²) in [6.45, 7) is 7.31. The van der Waals surface area contributed by atoms with Crippen LogP contribution in [-0.4, -0.2) is 26.7 Å². The Balaban J connectivity index is -0.0000000278. The van der Waals surface area contributed by atoms with Gasteiger partial charge in [-0.25, -0.2) is 8.42 Å². The first-order valence-corrected chi connectivity index (χ1v) is 6.07. The van der Waals surface area contributed by atoms with Crippen molar-refractivity contribution in [3.63, 3.8) is 0 Å². The van der Waals surface area contributed by atoms with E-state index in [9.17, 15) is 13.2 Å². The second kappa shape index (κ2) is 18.4. The van der Waals surface area contributed by atoms with Gasteiger partial charge in [-0.3, -0.25) is 0 Å². The van der Waals surface area contributed by atoms with Gasteiger partial charge in [0.25, 0.3) is 0 Å². The maximum Gasteiger partial charge on any atom is 0.144 e. The lowest BCUT2D eigenvalue weighted by Crippen LogP contribution is -1.86. The Kier molecular flexibility index (Phi) is 38.4. The van der Waals surface area contributed by atoms with Crippen molar-refractivity contribution < 1.29 is 13.2 Å². The summed E-state index contributed by atoms with van der Waals surface area (Å²) in [5.41, 5.74) is 0. The van der Waals surface area contributed by atoms with E-state index in [-0.39, 0.29) is 20.6 Å². The van der Waals surface area contributed by atoms with Gasteiger partial charge in [-0.1, -0.05) is 35.1 Å². The van der Waals surface area contributed by atoms with Crippen molar-refractivity contribution in [1.82, 2.24) is 0 Å². The van der Waals surface area contributed by atoms with Gasteiger partial charge >= 0.3 is 0 Å². The van der Waals surface area contributed by atoms with E-state index >= 15 is 0 Å². The Morgan fingerprint density at radius 2 is 1.00 bits per heavy atom. The molecule has 0 saturated carbocycles. The minimum atomic E-state index is -2.67. The minimum absolute atomic E-state index is 0. The van der Waals surface area contributed by atoms with Gasteiger partial charge in [0, 0.05) is 12.5 Å². The SMILES string of the molecule is C.C.CC(C)=O.CCC.CS(C)(=O)=O. The van der Waals surface area contributed by atoms with Crippen LogP contribution in [0.25, 0.3) is 0 Å². The summed E-state index contributed by atoms with van der Waals surface area (Å²) in [6.07, 6.45) is 3.57. The van der Waals surface area contributed by atoms with E-state index < -0.39 is 9.84 Å². The van der Waals surface area contributed by atoms with Crippen molar-refractivity contribution in [2.45, 2.75) is 49.0 Å². The maximum atomic E-state index is 9.63. The number of Topliss-reactive ketones (excluding diaryl/α,β-unsaturated/α-hetero) is 1. The average Bonchev–Trinajstić information content (AvgIpc) is 1.56. The lowest BCUT2D eigenvalue weighted by molar-refractivity contribution is -0.114. The van der Waals surface area contributed by atoms with Crippen molar-refractivity contribution in [2.75, 3.05) is 12.5 Å². The van der Waals surface area contributed by atoms with Crippen LogP contribution in [0, 0.1) is 0 Å². The smallest absolute Gasteiger partial charge is 0.144 e. The Hall–Kier alpha value is -0.380. The molecule has 0 heterocycles. The van der Waals surface area contributed by atoms with Crippen LogP contribution >= 0.6 is 0 Å². The van der Waals surface area contributed by atoms with Crippen molar-refractivity contribution in [3.05, 3.63) is 0 Å². The number of rotatable bonds is 0. The first kappa shape index (κ1) is 29.2. The third-order valence-corrected chi connectivity index (χ3v) is 0. The zero-order valence-electron chi connectivity index (χ0n) is 8.84. The highest BCUT2D eigenvalue weighted by molar-refractivity contribution is 7.89. The van der Waals surface area contributed by atoms with Gasteiger partial charge in [0.1, 0.15) is 15.6 Å². The quantitative estimate of drug-likeness (QED) is 0.640. The summed E-state index contributed by atoms with van der Waals surface area (Å²) >= 11 is 0. The average molecular weight is 228 g/mol. The third-order valence-electron chi connectivity index (χ3n) is 0. The van der Waals surface area contributed by atoms with Crippen LogP contribution < -0.4 is 0 Å². The van der Waals surface area contributed by atoms with E-state index in [4.69, 9.17) is 0 Å². The van der Waals surface area contributed by atoms with Gasteiger partial charge in [0.2, 0.25) is 0 Å². The standard InChI is InChI=1S/C3H6O.C3H8.C2H6O2S.2CH4/c1-3(2)4;1-3-2;1-5(2,3)4;;/h1-2H3;3H2,1-2H3;1-2H3;2*1H4. The third kappa shape index (κ3) is 9080. The van der Waals surface area contributed by atoms with E-state index in [0.717, 1.165) is 12.5 Å². The predicted octanol–water partition coefficient (Wildman–Crippen LogP) is 2.94. The van der Waals surface area contributed by atoms with Crippen LogP contribution in [0.4, 0.5) is 0 Å². The molecule has 0 aromatic heterocycles. The van der Waals surface area contributed by atoms with E-state index in [0.29, 0.717) is 0 Å². The summed E-state index contributed by atoms with van der Waals surface area (Å²) in [5.74, 6) is 0.167. The van der Waals surface area contributed by atoms with Crippen molar-refractivity contribution in [2.24, 2.45) is 0 Å². The van der Waals surface area contributed by atoms with Crippen LogP contribution in [0.1, 0.15) is 49.0 Å². The number of ketones is 1. The molecule has 0 rings (SSSR count). The summed E-state index contributed by atoms with van der Waals surface area (Å²) in [4.78, 5) is 9.44. The normalized spacial score (nSPS) is 7.29. The largest absolute Gasteiger partial charge is 0.300 e. The lowest BCUT2D eigenvalue weighted by atomic mass is 10.6. The molecule has 3 nitrogen and oxygen atoms in total. The van der Waals surface area contributed by atoms with E-state index in [1.807, 2.05) is 0 Å². The predicted molar refractivity (Wildman–Crippen MR) is 66.5 cm³/mol. The van der Waals surface area contributed by atoms with Crippen molar-refractivity contribution >= 4 is 15.6 Å². The summed E-state index contributed by atoms with van der Waals surface area (Å²) in [6, 6.07) is 0. The van der Waals surface area contributed by atoms with Gasteiger partial charge in [0.15, 0.2) is 0 Å². The molecule has 0 aliphatic heterocycles. The van der Waals surface area contributed by atoms with E-state index in [2.05, 4.69) is 13.8 Å². The molecule has 0 atom stereocenters. The van der Waals surface area contributed by atoms with E-state index in [1.54, 1.807) is 0 Å². The van der Waals surface area contributed by atoms with Crippen molar-refractivity contribution in [1.29, 1.82) is 0 Å². The van der Waals surface area contributed by atoms with Crippen LogP contribution in [-0.2, 0) is 14.6 Å². The molecule has 0 radical (unpaired) electrons. The summed E-state index contributed by atoms with van der Waals surface area (Å²) in [5, 5.41) is 0. The highest BCUT2D eigenvalue weighted by atomic mass is 32.2. The Bertz CT molecular complexity index is 170. The lowest BCUT2D eigenvalue weighted by Gasteiger charge is -1.69. The second-order valence-corrected chi connectivity index (χ2v) is 5.04. The summed E-state index contributed by atoms with van der Waals surface area (Å²) < 4.78 is 19.3. The van der Waals surface area contributed by atoms with Crippen LogP contribution in [0.3, 0.4) is 0 Å². The van der Waals surface area contributed by atoms with Crippen LogP contribution in [0.5, 0.6) is 0 Å². The molecule has 0 bridgehead atoms. The highest BCUT2D eigenvalue weighted by Crippen LogP contribution is 1.61. The van der Waals surface area contributed by atoms with Gasteiger partial charge < -0.3 is 4.79 Å². The fourth-order valence-electron chi connectivity index (χ4n) is 0. The summed E-state index contributed by atoms with van der Waals surface area (Å²) in [7, 11) is -2.67. The Morgan fingerprint density at radius 3 is 1.00 bits per heavy atom. The zero-order valence-corrected chi connectivity index (χ0v) is 9.66. The molecular formula is C10H28O3S. The van der Waals surface area contributed by atoms with Gasteiger partial charge in [-0.05, 0) is 13.8 Å². The fraction of sp³-hybridized carbons (Fsp3) is 0.900. The monoisotopic (exact) mass is 228 g/mol. The first-order valence-electron chi connectivity index (χ1n) is 3.77. The number of carbonyl (C=O) groups excluding carboxylic acids is 1. The van der Waals surface area contributed by atoms with Gasteiger partial charge in [-0.2, -0.15) is 0 Å². The zero-order chi connectivity index (χ0) is 10.8. The maximum absolute atomic E-state index is 9.63. The minimum Gasteiger partial charge on any atom is -0.300 e. The number of sulfone groups is 1. The highest BCUT2D eigenvalue weighted by Gasteiger charge is 1.79. The van der Waals surface area contributed by atoms with Crippen LogP contribution in [0.15, 0.2) is 0 Å². The van der Waals surface area contributed by atoms with E-state index in [1.165, 1.54) is 20.3 Å². The van der Waals surface area contributed by atoms with Crippen molar-refractivity contribution in [3.8, 4) is 0 Å². The molecule has 0 N–H and O–H groups in total. The van der Waals surface area contributed by atoms with Gasteiger partial charge in [0.05, 0.1) is 0 Å². The second-order valence-electron chi connectivity index (χ2n) is 2.76. The number of carbonyl (C=O) groups is 1. The molecule has 92 valence electrons. The molecule has 14 heavy (non-hydrogen) atoms. The molecule has 4 heteroatoms. The molecule has 0 aromatic rings. The topological polar surface area (TPSA) is 51.2 Å². The number of hydrogen-bond acceptors (Lipinski definition) is 3. The molecule has 0 amide bonds. The molecule has 0 unspecified atom stereocenters. The number of hydrogen-bond donors (Lipinski definition) is 0. The molecule has 0 aromatic carbocycles. The first-order chi connectivity index (χ1) is 5.15. The molecule has 0 saturated heterocycles. The molecular weight excluding hydrogens is 200 g/mol. The Labute approximate surface area is 90.8 Å². The molecule has 0 fully saturated rings. The Morgan fingerprint density at radius 1 is 1.00 bits per heavy atom. The molecule has 0 aliphatic carbocycles. The van der Waals surface area contributed by atoms with Crippen LogP contribution in [0.2, 0.25) is 0 Å². The van der Waals surface area contributed by atoms with Gasteiger partial charge in [-0.15, -0.1) is 0 Å².